The molecule has 1 aromatic rings. The SMILES string of the molecule is CC(NC(=O)[C@@H](N)Cc1c[nH]cn1)C(=O)O. The third-order valence-electron chi connectivity index (χ3n) is 2.05. The molecule has 0 radical (unpaired) electrons. The Kier molecular flexibility index (Phi) is 4.01. The second-order valence-corrected chi connectivity index (χ2v) is 3.44. The van der Waals surface area contributed by atoms with Crippen molar-refractivity contribution in [2.45, 2.75) is 25.4 Å². The number of carboxylic acid groups (broad SMARTS) is 1. The molecular formula is C9H14N4O3. The van der Waals surface area contributed by atoms with Crippen LogP contribution in [0.4, 0.5) is 0 Å². The van der Waals surface area contributed by atoms with E-state index in [-0.39, 0.29) is 6.42 Å². The van der Waals surface area contributed by atoms with Crippen LogP contribution >= 0.6 is 0 Å². The van der Waals surface area contributed by atoms with Crippen molar-refractivity contribution >= 4 is 11.9 Å². The van der Waals surface area contributed by atoms with Crippen molar-refractivity contribution < 1.29 is 14.7 Å². The van der Waals surface area contributed by atoms with Crippen molar-refractivity contribution in [2.75, 3.05) is 0 Å². The average molecular weight is 226 g/mol. The quantitative estimate of drug-likeness (QED) is 0.506. The standard InChI is InChI=1S/C9H14N4O3/c1-5(9(15)16)13-8(14)7(10)2-6-3-11-4-12-6/h3-5,7H,2,10H2,1H3,(H,11,12)(H,13,14)(H,15,16)/t5?,7-/m0/s1. The van der Waals surface area contributed by atoms with E-state index in [1.807, 2.05) is 0 Å². The molecular weight excluding hydrogens is 212 g/mol. The first kappa shape index (κ1) is 12.2. The van der Waals surface area contributed by atoms with Crippen LogP contribution in [0.15, 0.2) is 12.5 Å². The summed E-state index contributed by atoms with van der Waals surface area (Å²) in [6, 6.07) is -1.75. The molecule has 0 saturated carbocycles. The molecule has 1 rings (SSSR count). The second-order valence-electron chi connectivity index (χ2n) is 3.44. The molecule has 1 amide bonds. The lowest BCUT2D eigenvalue weighted by Crippen LogP contribution is -2.48. The Morgan fingerprint density at radius 1 is 1.69 bits per heavy atom. The van der Waals surface area contributed by atoms with Gasteiger partial charge >= 0.3 is 5.97 Å². The lowest BCUT2D eigenvalue weighted by Gasteiger charge is -2.13. The molecule has 0 spiro atoms. The van der Waals surface area contributed by atoms with Gasteiger partial charge in [-0.05, 0) is 6.92 Å². The zero-order valence-electron chi connectivity index (χ0n) is 8.80. The summed E-state index contributed by atoms with van der Waals surface area (Å²) >= 11 is 0. The fourth-order valence-electron chi connectivity index (χ4n) is 1.10. The van der Waals surface area contributed by atoms with E-state index in [4.69, 9.17) is 10.8 Å². The molecule has 1 aromatic heterocycles. The van der Waals surface area contributed by atoms with Crippen molar-refractivity contribution in [3.05, 3.63) is 18.2 Å². The Hall–Kier alpha value is -1.89. The van der Waals surface area contributed by atoms with Crippen LogP contribution in [-0.4, -0.2) is 39.0 Å². The molecule has 0 aromatic carbocycles. The van der Waals surface area contributed by atoms with E-state index in [0.29, 0.717) is 5.69 Å². The minimum absolute atomic E-state index is 0.266. The van der Waals surface area contributed by atoms with Gasteiger partial charge in [0.1, 0.15) is 6.04 Å². The van der Waals surface area contributed by atoms with Crippen LogP contribution < -0.4 is 11.1 Å². The summed E-state index contributed by atoms with van der Waals surface area (Å²) in [5, 5.41) is 10.9. The molecule has 5 N–H and O–H groups in total. The highest BCUT2D eigenvalue weighted by molar-refractivity contribution is 5.86. The van der Waals surface area contributed by atoms with Crippen LogP contribution in [0.25, 0.3) is 0 Å². The van der Waals surface area contributed by atoms with Gasteiger partial charge in [-0.1, -0.05) is 0 Å². The van der Waals surface area contributed by atoms with Gasteiger partial charge in [0.2, 0.25) is 5.91 Å². The van der Waals surface area contributed by atoms with E-state index >= 15 is 0 Å². The zero-order chi connectivity index (χ0) is 12.1. The lowest BCUT2D eigenvalue weighted by molar-refractivity contribution is -0.141. The molecule has 2 atom stereocenters. The van der Waals surface area contributed by atoms with Crippen LogP contribution in [0.3, 0.4) is 0 Å². The Balaban J connectivity index is 2.45. The van der Waals surface area contributed by atoms with Gasteiger partial charge in [-0.2, -0.15) is 0 Å². The number of rotatable bonds is 5. The molecule has 7 nitrogen and oxygen atoms in total. The largest absolute Gasteiger partial charge is 0.480 e. The highest BCUT2D eigenvalue weighted by atomic mass is 16.4. The Labute approximate surface area is 92.1 Å². The van der Waals surface area contributed by atoms with Gasteiger partial charge in [-0.25, -0.2) is 4.98 Å². The highest BCUT2D eigenvalue weighted by Crippen LogP contribution is 1.96. The van der Waals surface area contributed by atoms with Crippen LogP contribution in [0.1, 0.15) is 12.6 Å². The Morgan fingerprint density at radius 3 is 2.88 bits per heavy atom. The number of carbonyl (C=O) groups is 2. The number of carboxylic acids is 1. The van der Waals surface area contributed by atoms with E-state index in [2.05, 4.69) is 15.3 Å². The van der Waals surface area contributed by atoms with Gasteiger partial charge in [0.25, 0.3) is 0 Å². The number of hydrogen-bond donors (Lipinski definition) is 4. The minimum Gasteiger partial charge on any atom is -0.480 e. The predicted octanol–water partition coefficient (Wildman–Crippen LogP) is -1.13. The van der Waals surface area contributed by atoms with Crippen LogP contribution in [0.2, 0.25) is 0 Å². The number of aromatic nitrogens is 2. The zero-order valence-corrected chi connectivity index (χ0v) is 8.80. The van der Waals surface area contributed by atoms with E-state index in [1.54, 1.807) is 6.20 Å². The monoisotopic (exact) mass is 226 g/mol. The first-order chi connectivity index (χ1) is 7.50. The van der Waals surface area contributed by atoms with Crippen LogP contribution in [-0.2, 0) is 16.0 Å². The minimum atomic E-state index is -1.10. The molecule has 1 heterocycles. The first-order valence-corrected chi connectivity index (χ1v) is 4.77. The van der Waals surface area contributed by atoms with Gasteiger partial charge in [0, 0.05) is 12.6 Å². The van der Waals surface area contributed by atoms with Crippen molar-refractivity contribution in [1.82, 2.24) is 15.3 Å². The fraction of sp³-hybridized carbons (Fsp3) is 0.444. The second kappa shape index (κ2) is 5.26. The number of nitrogens with two attached hydrogens (primary N) is 1. The summed E-state index contributed by atoms with van der Waals surface area (Å²) < 4.78 is 0. The molecule has 0 bridgehead atoms. The van der Waals surface area contributed by atoms with Gasteiger partial charge in [0.05, 0.1) is 18.1 Å². The smallest absolute Gasteiger partial charge is 0.325 e. The molecule has 0 fully saturated rings. The molecule has 0 aliphatic carbocycles. The summed E-state index contributed by atoms with van der Waals surface area (Å²) in [4.78, 5) is 28.6. The maximum absolute atomic E-state index is 11.4. The van der Waals surface area contributed by atoms with Crippen LogP contribution in [0.5, 0.6) is 0 Å². The van der Waals surface area contributed by atoms with E-state index < -0.39 is 24.0 Å². The third kappa shape index (κ3) is 3.35. The number of amides is 1. The van der Waals surface area contributed by atoms with Gasteiger partial charge in [-0.3, -0.25) is 9.59 Å². The molecule has 1 unspecified atom stereocenters. The van der Waals surface area contributed by atoms with E-state index in [1.165, 1.54) is 13.3 Å². The topological polar surface area (TPSA) is 121 Å². The molecule has 88 valence electrons. The summed E-state index contributed by atoms with van der Waals surface area (Å²) in [5.41, 5.74) is 6.26. The molecule has 16 heavy (non-hydrogen) atoms. The number of aliphatic carboxylic acids is 1. The fourth-order valence-corrected chi connectivity index (χ4v) is 1.10. The van der Waals surface area contributed by atoms with Gasteiger partial charge in [-0.15, -0.1) is 0 Å². The number of aromatic amines is 1. The molecule has 0 saturated heterocycles. The maximum Gasteiger partial charge on any atom is 0.325 e. The molecule has 7 heteroatoms. The summed E-state index contributed by atoms with van der Waals surface area (Å²) in [6.07, 6.45) is 3.38. The highest BCUT2D eigenvalue weighted by Gasteiger charge is 2.19. The third-order valence-corrected chi connectivity index (χ3v) is 2.05. The van der Waals surface area contributed by atoms with Gasteiger partial charge in [0.15, 0.2) is 0 Å². The number of hydrogen-bond acceptors (Lipinski definition) is 4. The summed E-state index contributed by atoms with van der Waals surface area (Å²) in [7, 11) is 0. The van der Waals surface area contributed by atoms with E-state index in [9.17, 15) is 9.59 Å². The van der Waals surface area contributed by atoms with Crippen molar-refractivity contribution in [2.24, 2.45) is 5.73 Å². The average Bonchev–Trinajstić information content (AvgIpc) is 2.69. The predicted molar refractivity (Wildman–Crippen MR) is 55.5 cm³/mol. The molecule has 0 aliphatic heterocycles. The van der Waals surface area contributed by atoms with Crippen LogP contribution in [0, 0.1) is 0 Å². The first-order valence-electron chi connectivity index (χ1n) is 4.77. The Morgan fingerprint density at radius 2 is 2.38 bits per heavy atom. The number of nitrogens with one attached hydrogen (secondary N) is 2. The number of H-pyrrole nitrogens is 1. The number of imidazole rings is 1. The summed E-state index contributed by atoms with van der Waals surface area (Å²) in [5.74, 6) is -1.60. The molecule has 0 aliphatic rings. The maximum atomic E-state index is 11.4. The summed E-state index contributed by atoms with van der Waals surface area (Å²) in [6.45, 7) is 1.38. The number of carbonyl (C=O) groups excluding carboxylic acids is 1. The van der Waals surface area contributed by atoms with Crippen molar-refractivity contribution in [3.63, 3.8) is 0 Å². The number of nitrogens with zero attached hydrogens (tertiary/aromatic N) is 1. The lowest BCUT2D eigenvalue weighted by atomic mass is 10.1. The van der Waals surface area contributed by atoms with Crippen molar-refractivity contribution in [1.29, 1.82) is 0 Å². The normalized spacial score (nSPS) is 14.1. The van der Waals surface area contributed by atoms with E-state index in [0.717, 1.165) is 0 Å². The Bertz CT molecular complexity index is 363. The van der Waals surface area contributed by atoms with Gasteiger partial charge < -0.3 is 21.1 Å². The van der Waals surface area contributed by atoms with Crippen molar-refractivity contribution in [3.8, 4) is 0 Å².